The van der Waals surface area contributed by atoms with Crippen LogP contribution >= 0.6 is 11.6 Å². The minimum Gasteiger partial charge on any atom is -0.394 e. The molecule has 2 aromatic rings. The van der Waals surface area contributed by atoms with Crippen LogP contribution in [0.3, 0.4) is 0 Å². The standard InChI is InChI=1S/C10H11ClN4O5/c11-10-13-7-4(8(19)14-10)12-2-15(7)9-6(18)5(17)3(1-16)20-9/h2-3,5-6,9,16-18H,1H2,(H,13,14,19). The summed E-state index contributed by atoms with van der Waals surface area (Å²) in [5.41, 5.74) is -0.369. The molecule has 1 fully saturated rings. The number of aliphatic hydroxyl groups excluding tert-OH is 3. The molecule has 0 aliphatic carbocycles. The Morgan fingerprint density at radius 2 is 2.20 bits per heavy atom. The van der Waals surface area contributed by atoms with Gasteiger partial charge in [0, 0.05) is 0 Å². The Kier molecular flexibility index (Phi) is 3.22. The second-order valence-corrected chi connectivity index (χ2v) is 4.77. The maximum absolute atomic E-state index is 11.6. The summed E-state index contributed by atoms with van der Waals surface area (Å²) < 4.78 is 6.64. The molecule has 108 valence electrons. The van der Waals surface area contributed by atoms with Gasteiger partial charge in [-0.05, 0) is 11.6 Å². The Hall–Kier alpha value is -1.52. The number of hydrogen-bond donors (Lipinski definition) is 4. The topological polar surface area (TPSA) is 133 Å². The predicted octanol–water partition coefficient (Wildman–Crippen LogP) is -1.62. The van der Waals surface area contributed by atoms with Crippen LogP contribution < -0.4 is 5.56 Å². The van der Waals surface area contributed by atoms with Crippen LogP contribution in [0.2, 0.25) is 5.28 Å². The number of rotatable bonds is 2. The van der Waals surface area contributed by atoms with Crippen molar-refractivity contribution in [1.82, 2.24) is 19.5 Å². The highest BCUT2D eigenvalue weighted by Gasteiger charge is 2.44. The van der Waals surface area contributed by atoms with Crippen molar-refractivity contribution in [1.29, 1.82) is 0 Å². The fourth-order valence-electron chi connectivity index (χ4n) is 2.20. The molecule has 0 aromatic carbocycles. The summed E-state index contributed by atoms with van der Waals surface area (Å²) in [7, 11) is 0. The van der Waals surface area contributed by atoms with Gasteiger partial charge < -0.3 is 20.1 Å². The molecule has 0 amide bonds. The Bertz CT molecular complexity index is 701. The molecule has 2 aromatic heterocycles. The van der Waals surface area contributed by atoms with Crippen LogP contribution in [0.1, 0.15) is 6.23 Å². The van der Waals surface area contributed by atoms with Crippen LogP contribution in [0.25, 0.3) is 11.2 Å². The van der Waals surface area contributed by atoms with E-state index in [4.69, 9.17) is 21.4 Å². The Labute approximate surface area is 116 Å². The SMILES string of the molecule is O=c1[nH]c(Cl)nc2c1ncn2C1OC(CO)C(O)C1O. The molecule has 4 atom stereocenters. The van der Waals surface area contributed by atoms with Crippen LogP contribution in [0.15, 0.2) is 11.1 Å². The number of nitrogens with one attached hydrogen (secondary N) is 1. The highest BCUT2D eigenvalue weighted by atomic mass is 35.5. The summed E-state index contributed by atoms with van der Waals surface area (Å²) in [6, 6.07) is 0. The van der Waals surface area contributed by atoms with Crippen molar-refractivity contribution in [3.05, 3.63) is 22.0 Å². The third-order valence-electron chi connectivity index (χ3n) is 3.19. The Morgan fingerprint density at radius 1 is 1.45 bits per heavy atom. The molecule has 0 spiro atoms. The third kappa shape index (κ3) is 1.91. The van der Waals surface area contributed by atoms with Gasteiger partial charge in [-0.15, -0.1) is 0 Å². The number of aromatic amines is 1. The zero-order chi connectivity index (χ0) is 14.4. The predicted molar refractivity (Wildman–Crippen MR) is 66.2 cm³/mol. The molecule has 9 nitrogen and oxygen atoms in total. The van der Waals surface area contributed by atoms with Crippen LogP contribution in [0.5, 0.6) is 0 Å². The first-order chi connectivity index (χ1) is 9.52. The maximum Gasteiger partial charge on any atom is 0.280 e. The quantitative estimate of drug-likeness (QED) is 0.490. The fourth-order valence-corrected chi connectivity index (χ4v) is 2.36. The molecule has 3 heterocycles. The van der Waals surface area contributed by atoms with Gasteiger partial charge in [0.1, 0.15) is 18.3 Å². The van der Waals surface area contributed by atoms with Gasteiger partial charge in [0.15, 0.2) is 17.4 Å². The van der Waals surface area contributed by atoms with E-state index in [0.29, 0.717) is 0 Å². The molecule has 0 saturated carbocycles. The average molecular weight is 303 g/mol. The van der Waals surface area contributed by atoms with Crippen molar-refractivity contribution in [3.63, 3.8) is 0 Å². The number of ether oxygens (including phenoxy) is 1. The molecule has 4 unspecified atom stereocenters. The molecule has 20 heavy (non-hydrogen) atoms. The van der Waals surface area contributed by atoms with Crippen LogP contribution in [0.4, 0.5) is 0 Å². The van der Waals surface area contributed by atoms with E-state index in [1.54, 1.807) is 0 Å². The molecular weight excluding hydrogens is 292 g/mol. The zero-order valence-corrected chi connectivity index (χ0v) is 10.7. The lowest BCUT2D eigenvalue weighted by Gasteiger charge is -2.16. The summed E-state index contributed by atoms with van der Waals surface area (Å²) in [6.07, 6.45) is -3.23. The van der Waals surface area contributed by atoms with E-state index in [2.05, 4.69) is 15.0 Å². The number of imidazole rings is 1. The number of hydrogen-bond acceptors (Lipinski definition) is 7. The van der Waals surface area contributed by atoms with E-state index in [0.717, 1.165) is 0 Å². The van der Waals surface area contributed by atoms with E-state index >= 15 is 0 Å². The van der Waals surface area contributed by atoms with Crippen molar-refractivity contribution in [2.24, 2.45) is 0 Å². The summed E-state index contributed by atoms with van der Waals surface area (Å²) in [6.45, 7) is -0.448. The number of halogens is 1. The lowest BCUT2D eigenvalue weighted by Crippen LogP contribution is -2.33. The van der Waals surface area contributed by atoms with Crippen molar-refractivity contribution < 1.29 is 20.1 Å². The smallest absolute Gasteiger partial charge is 0.280 e. The summed E-state index contributed by atoms with van der Waals surface area (Å²) in [4.78, 5) is 21.7. The van der Waals surface area contributed by atoms with E-state index < -0.39 is 36.7 Å². The Morgan fingerprint density at radius 3 is 2.85 bits per heavy atom. The molecule has 1 saturated heterocycles. The summed E-state index contributed by atoms with van der Waals surface area (Å²) in [5, 5.41) is 28.6. The zero-order valence-electron chi connectivity index (χ0n) is 9.97. The van der Waals surface area contributed by atoms with E-state index in [1.165, 1.54) is 10.9 Å². The van der Waals surface area contributed by atoms with Crippen molar-refractivity contribution in [3.8, 4) is 0 Å². The monoisotopic (exact) mass is 302 g/mol. The van der Waals surface area contributed by atoms with Gasteiger partial charge in [0.2, 0.25) is 5.28 Å². The number of nitrogens with zero attached hydrogens (tertiary/aromatic N) is 3. The normalized spacial score (nSPS) is 30.2. The van der Waals surface area contributed by atoms with Gasteiger partial charge in [-0.3, -0.25) is 14.3 Å². The van der Waals surface area contributed by atoms with Crippen molar-refractivity contribution in [2.75, 3.05) is 6.61 Å². The number of aliphatic hydroxyl groups is 3. The molecule has 4 N–H and O–H groups in total. The van der Waals surface area contributed by atoms with Crippen LogP contribution in [-0.2, 0) is 4.74 Å². The van der Waals surface area contributed by atoms with Crippen molar-refractivity contribution >= 4 is 22.8 Å². The molecule has 1 aliphatic rings. The molecule has 10 heteroatoms. The first kappa shape index (κ1) is 13.5. The minimum atomic E-state index is -1.29. The molecule has 3 rings (SSSR count). The highest BCUT2D eigenvalue weighted by Crippen LogP contribution is 2.30. The highest BCUT2D eigenvalue weighted by molar-refractivity contribution is 6.28. The maximum atomic E-state index is 11.6. The molecular formula is C10H11ClN4O5. The third-order valence-corrected chi connectivity index (χ3v) is 3.37. The van der Waals surface area contributed by atoms with Crippen molar-refractivity contribution in [2.45, 2.75) is 24.5 Å². The lowest BCUT2D eigenvalue weighted by molar-refractivity contribution is -0.0511. The van der Waals surface area contributed by atoms with E-state index in [9.17, 15) is 15.0 Å². The largest absolute Gasteiger partial charge is 0.394 e. The van der Waals surface area contributed by atoms with Crippen LogP contribution in [0, 0.1) is 0 Å². The van der Waals surface area contributed by atoms with E-state index in [-0.39, 0.29) is 16.4 Å². The van der Waals surface area contributed by atoms with Gasteiger partial charge >= 0.3 is 0 Å². The Balaban J connectivity index is 2.09. The lowest BCUT2D eigenvalue weighted by atomic mass is 10.1. The van der Waals surface area contributed by atoms with E-state index in [1.807, 2.05) is 0 Å². The summed E-state index contributed by atoms with van der Waals surface area (Å²) in [5.74, 6) is 0. The van der Waals surface area contributed by atoms with Crippen LogP contribution in [-0.4, -0.2) is 59.8 Å². The van der Waals surface area contributed by atoms with Gasteiger partial charge in [-0.25, -0.2) is 4.98 Å². The molecule has 0 radical (unpaired) electrons. The first-order valence-corrected chi connectivity index (χ1v) is 6.15. The number of aromatic nitrogens is 4. The summed E-state index contributed by atoms with van der Waals surface area (Å²) >= 11 is 5.68. The van der Waals surface area contributed by atoms with Gasteiger partial charge in [-0.1, -0.05) is 0 Å². The number of fused-ring (bicyclic) bond motifs is 1. The average Bonchev–Trinajstić information content (AvgIpc) is 2.93. The second-order valence-electron chi connectivity index (χ2n) is 4.41. The second kappa shape index (κ2) is 4.79. The van der Waals surface area contributed by atoms with Gasteiger partial charge in [-0.2, -0.15) is 4.98 Å². The minimum absolute atomic E-state index is 0.0344. The first-order valence-electron chi connectivity index (χ1n) is 5.77. The molecule has 1 aliphatic heterocycles. The van der Waals surface area contributed by atoms with Gasteiger partial charge in [0.05, 0.1) is 12.9 Å². The van der Waals surface area contributed by atoms with Gasteiger partial charge in [0.25, 0.3) is 5.56 Å². The number of H-pyrrole nitrogens is 1. The fraction of sp³-hybridized carbons (Fsp3) is 0.500. The molecule has 0 bridgehead atoms.